The molecule has 2 saturated heterocycles. The normalized spacial score (nSPS) is 23.3. The van der Waals surface area contributed by atoms with Crippen molar-refractivity contribution < 1.29 is 16.8 Å². The van der Waals surface area contributed by atoms with Crippen LogP contribution in [0, 0.1) is 5.92 Å². The highest BCUT2D eigenvalue weighted by atomic mass is 35.5. The van der Waals surface area contributed by atoms with Crippen LogP contribution in [-0.2, 0) is 19.9 Å². The van der Waals surface area contributed by atoms with Gasteiger partial charge in [-0.05, 0) is 50.3 Å². The first-order chi connectivity index (χ1) is 11.3. The van der Waals surface area contributed by atoms with Crippen molar-refractivity contribution in [2.24, 2.45) is 5.92 Å². The number of nitrogens with one attached hydrogen (secondary N) is 1. The van der Waals surface area contributed by atoms with Crippen molar-refractivity contribution in [3.8, 4) is 0 Å². The van der Waals surface area contributed by atoms with E-state index in [-0.39, 0.29) is 22.3 Å². The first kappa shape index (κ1) is 20.6. The monoisotopic (exact) mass is 409 g/mol. The second-order valence-corrected chi connectivity index (χ2v) is 10.4. The molecule has 1 unspecified atom stereocenters. The quantitative estimate of drug-likeness (QED) is 0.798. The summed E-state index contributed by atoms with van der Waals surface area (Å²) in [4.78, 5) is 3.83. The fourth-order valence-electron chi connectivity index (χ4n) is 3.52. The number of halogens is 1. The van der Waals surface area contributed by atoms with Crippen LogP contribution in [0.2, 0.25) is 0 Å². The van der Waals surface area contributed by atoms with Crippen molar-refractivity contribution in [2.75, 3.05) is 25.9 Å². The molecule has 0 spiro atoms. The van der Waals surface area contributed by atoms with Crippen LogP contribution in [0.15, 0.2) is 28.3 Å². The Morgan fingerprint density at radius 1 is 1.12 bits per heavy atom. The molecule has 0 radical (unpaired) electrons. The van der Waals surface area contributed by atoms with E-state index in [9.17, 15) is 16.8 Å². The van der Waals surface area contributed by atoms with E-state index in [1.54, 1.807) is 0 Å². The van der Waals surface area contributed by atoms with Crippen LogP contribution in [0.25, 0.3) is 0 Å². The Hall–Kier alpha value is -0.740. The number of sulfonamides is 1. The average molecular weight is 410 g/mol. The zero-order valence-corrected chi connectivity index (χ0v) is 16.5. The summed E-state index contributed by atoms with van der Waals surface area (Å²) in [7, 11) is -7.05. The number of pyridine rings is 1. The van der Waals surface area contributed by atoms with Crippen molar-refractivity contribution in [3.63, 3.8) is 0 Å². The Bertz CT molecular complexity index is 783. The first-order valence-corrected chi connectivity index (χ1v) is 11.5. The number of piperidine rings is 1. The van der Waals surface area contributed by atoms with Gasteiger partial charge in [-0.2, -0.15) is 4.31 Å². The van der Waals surface area contributed by atoms with E-state index >= 15 is 0 Å². The van der Waals surface area contributed by atoms with Gasteiger partial charge in [-0.25, -0.2) is 21.8 Å². The SMILES string of the molecule is CS(=O)(=O)c1ccc(S(=O)(=O)N2CCC(C3CCCN3)CC2)cn1.Cl. The smallest absolute Gasteiger partial charge is 0.244 e. The van der Waals surface area contributed by atoms with E-state index in [4.69, 9.17) is 0 Å². The fraction of sp³-hybridized carbons (Fsp3) is 0.667. The molecule has 10 heteroatoms. The Morgan fingerprint density at radius 2 is 1.80 bits per heavy atom. The number of sulfone groups is 1. The van der Waals surface area contributed by atoms with Crippen LogP contribution < -0.4 is 5.32 Å². The number of hydrogen-bond acceptors (Lipinski definition) is 6. The summed E-state index contributed by atoms with van der Waals surface area (Å²) in [5, 5.41) is 3.38. The molecule has 1 aromatic heterocycles. The number of nitrogens with zero attached hydrogens (tertiary/aromatic N) is 2. The summed E-state index contributed by atoms with van der Waals surface area (Å²) in [6, 6.07) is 3.09. The van der Waals surface area contributed by atoms with E-state index in [0.717, 1.165) is 31.8 Å². The molecule has 0 bridgehead atoms. The number of rotatable bonds is 4. The molecule has 25 heavy (non-hydrogen) atoms. The van der Waals surface area contributed by atoms with Crippen LogP contribution in [-0.4, -0.2) is 58.1 Å². The maximum Gasteiger partial charge on any atom is 0.244 e. The Labute approximate surface area is 155 Å². The third-order valence-corrected chi connectivity index (χ3v) is 7.78. The van der Waals surface area contributed by atoms with Crippen molar-refractivity contribution in [3.05, 3.63) is 18.3 Å². The molecule has 3 rings (SSSR count). The zero-order chi connectivity index (χ0) is 17.4. The highest BCUT2D eigenvalue weighted by molar-refractivity contribution is 7.90. The molecule has 0 amide bonds. The largest absolute Gasteiger partial charge is 0.314 e. The Kier molecular flexibility index (Phi) is 6.48. The fourth-order valence-corrected chi connectivity index (χ4v) is 5.50. The van der Waals surface area contributed by atoms with Gasteiger partial charge in [-0.1, -0.05) is 0 Å². The maximum absolute atomic E-state index is 12.7. The molecular formula is C15H24ClN3O4S2. The van der Waals surface area contributed by atoms with Gasteiger partial charge in [0.25, 0.3) is 0 Å². The molecule has 1 atom stereocenters. The van der Waals surface area contributed by atoms with E-state index in [2.05, 4.69) is 10.3 Å². The molecule has 3 heterocycles. The minimum absolute atomic E-state index is 0. The maximum atomic E-state index is 12.7. The predicted molar refractivity (Wildman–Crippen MR) is 97.1 cm³/mol. The van der Waals surface area contributed by atoms with Crippen molar-refractivity contribution >= 4 is 32.3 Å². The first-order valence-electron chi connectivity index (χ1n) is 8.18. The van der Waals surface area contributed by atoms with Crippen LogP contribution in [0.3, 0.4) is 0 Å². The number of aromatic nitrogens is 1. The predicted octanol–water partition coefficient (Wildman–Crippen LogP) is 1.06. The van der Waals surface area contributed by atoms with Gasteiger partial charge in [-0.3, -0.25) is 0 Å². The third kappa shape index (κ3) is 4.51. The highest BCUT2D eigenvalue weighted by Crippen LogP contribution is 2.28. The summed E-state index contributed by atoms with van der Waals surface area (Å²) in [6.07, 6.45) is 6.26. The van der Waals surface area contributed by atoms with Gasteiger partial charge < -0.3 is 5.32 Å². The van der Waals surface area contributed by atoms with E-state index in [0.29, 0.717) is 25.0 Å². The molecule has 142 valence electrons. The Morgan fingerprint density at radius 3 is 2.28 bits per heavy atom. The van der Waals surface area contributed by atoms with Gasteiger partial charge in [-0.15, -0.1) is 12.4 Å². The molecule has 7 nitrogen and oxygen atoms in total. The molecule has 2 fully saturated rings. The van der Waals surface area contributed by atoms with Crippen LogP contribution in [0.5, 0.6) is 0 Å². The standard InChI is InChI=1S/C15H23N3O4S2.ClH/c1-23(19,20)15-5-4-13(11-17-15)24(21,22)18-9-6-12(7-10-18)14-3-2-8-16-14;/h4-5,11-12,14,16H,2-3,6-10H2,1H3;1H. The van der Waals surface area contributed by atoms with Gasteiger partial charge in [0.15, 0.2) is 14.9 Å². The van der Waals surface area contributed by atoms with E-state index < -0.39 is 19.9 Å². The molecular weight excluding hydrogens is 386 g/mol. The van der Waals surface area contributed by atoms with Crippen molar-refractivity contribution in [2.45, 2.75) is 41.6 Å². The van der Waals surface area contributed by atoms with E-state index in [1.165, 1.54) is 29.3 Å². The second kappa shape index (κ2) is 7.87. The van der Waals surface area contributed by atoms with Crippen LogP contribution in [0.4, 0.5) is 0 Å². The average Bonchev–Trinajstić information content (AvgIpc) is 3.09. The molecule has 0 aliphatic carbocycles. The lowest BCUT2D eigenvalue weighted by Gasteiger charge is -2.34. The summed E-state index contributed by atoms with van der Waals surface area (Å²) in [5.41, 5.74) is 0. The summed E-state index contributed by atoms with van der Waals surface area (Å²) < 4.78 is 49.7. The van der Waals surface area contributed by atoms with E-state index in [1.807, 2.05) is 0 Å². The topological polar surface area (TPSA) is 96.4 Å². The summed E-state index contributed by atoms with van der Waals surface area (Å²) in [5.74, 6) is 0.532. The lowest BCUT2D eigenvalue weighted by atomic mass is 9.89. The molecule has 0 saturated carbocycles. The van der Waals surface area contributed by atoms with Crippen molar-refractivity contribution in [1.82, 2.24) is 14.6 Å². The minimum atomic E-state index is -3.62. The second-order valence-electron chi connectivity index (χ2n) is 6.55. The van der Waals surface area contributed by atoms with Gasteiger partial charge in [0, 0.05) is 31.6 Å². The van der Waals surface area contributed by atoms with Gasteiger partial charge >= 0.3 is 0 Å². The summed E-state index contributed by atoms with van der Waals surface area (Å²) in [6.45, 7) is 2.06. The lowest BCUT2D eigenvalue weighted by Crippen LogP contribution is -2.43. The third-order valence-electron chi connectivity index (χ3n) is 4.89. The molecule has 1 aromatic rings. The van der Waals surface area contributed by atoms with Crippen LogP contribution in [0.1, 0.15) is 25.7 Å². The minimum Gasteiger partial charge on any atom is -0.314 e. The molecule has 1 N–H and O–H groups in total. The van der Waals surface area contributed by atoms with Gasteiger partial charge in [0.05, 0.1) is 0 Å². The molecule has 0 aromatic carbocycles. The Balaban J connectivity index is 0.00000225. The van der Waals surface area contributed by atoms with Crippen LogP contribution >= 0.6 is 12.4 Å². The highest BCUT2D eigenvalue weighted by Gasteiger charge is 2.33. The number of hydrogen-bond donors (Lipinski definition) is 1. The lowest BCUT2D eigenvalue weighted by molar-refractivity contribution is 0.234. The van der Waals surface area contributed by atoms with Gasteiger partial charge in [0.2, 0.25) is 10.0 Å². The van der Waals surface area contributed by atoms with Crippen molar-refractivity contribution in [1.29, 1.82) is 0 Å². The molecule has 2 aliphatic heterocycles. The van der Waals surface area contributed by atoms with Gasteiger partial charge in [0.1, 0.15) is 4.90 Å². The molecule has 2 aliphatic rings. The zero-order valence-electron chi connectivity index (χ0n) is 14.1. The summed E-state index contributed by atoms with van der Waals surface area (Å²) >= 11 is 0.